The molecule has 4 N–H and O–H groups in total. The lowest BCUT2D eigenvalue weighted by molar-refractivity contribution is -0.113. The highest BCUT2D eigenvalue weighted by molar-refractivity contribution is 8.01. The summed E-state index contributed by atoms with van der Waals surface area (Å²) in [4.78, 5) is 24.3. The monoisotopic (exact) mass is 427 g/mol. The number of nitrogens with two attached hydrogens (primary N) is 1. The average molecular weight is 428 g/mol. The predicted molar refractivity (Wildman–Crippen MR) is 117 cm³/mol. The number of hydrogen-bond donors (Lipinski definition) is 3. The Labute approximate surface area is 174 Å². The number of halogens is 1. The Hall–Kier alpha value is -1.54. The molecule has 1 heterocycles. The number of thioether (sulfide) groups is 1. The smallest absolute Gasteiger partial charge is 0.251 e. The molecule has 0 radical (unpaired) electrons. The quantitative estimate of drug-likeness (QED) is 0.497. The van der Waals surface area contributed by atoms with Crippen molar-refractivity contribution in [3.63, 3.8) is 0 Å². The highest BCUT2D eigenvalue weighted by Crippen LogP contribution is 2.23. The van der Waals surface area contributed by atoms with Crippen LogP contribution in [-0.2, 0) is 4.79 Å². The molecule has 1 unspecified atom stereocenters. The highest BCUT2D eigenvalue weighted by atomic mass is 35.5. The van der Waals surface area contributed by atoms with Gasteiger partial charge in [0.1, 0.15) is 0 Å². The maximum absolute atomic E-state index is 12.3. The molecular weight excluding hydrogens is 402 g/mol. The molecule has 2 rings (SSSR count). The van der Waals surface area contributed by atoms with Crippen LogP contribution in [0.2, 0.25) is 0 Å². The van der Waals surface area contributed by atoms with Crippen LogP contribution in [0.4, 0.5) is 5.69 Å². The summed E-state index contributed by atoms with van der Waals surface area (Å²) in [6.45, 7) is 2.54. The Balaban J connectivity index is 0.00000364. The normalized spacial score (nSPS) is 11.3. The van der Waals surface area contributed by atoms with Gasteiger partial charge in [0.05, 0.1) is 9.96 Å². The number of thiophene rings is 1. The van der Waals surface area contributed by atoms with Gasteiger partial charge >= 0.3 is 0 Å². The minimum Gasteiger partial charge on any atom is -0.348 e. The Morgan fingerprint density at radius 2 is 1.96 bits per heavy atom. The molecule has 0 saturated carbocycles. The fourth-order valence-electron chi connectivity index (χ4n) is 2.35. The topological polar surface area (TPSA) is 84.2 Å². The van der Waals surface area contributed by atoms with Gasteiger partial charge in [-0.25, -0.2) is 0 Å². The molecule has 1 aromatic carbocycles. The van der Waals surface area contributed by atoms with Gasteiger partial charge in [-0.3, -0.25) is 9.59 Å². The lowest BCUT2D eigenvalue weighted by Crippen LogP contribution is -2.40. The van der Waals surface area contributed by atoms with Crippen LogP contribution in [0.3, 0.4) is 0 Å². The van der Waals surface area contributed by atoms with E-state index in [-0.39, 0.29) is 30.3 Å². The third-order valence-corrected chi connectivity index (χ3v) is 5.93. The second kappa shape index (κ2) is 12.8. The lowest BCUT2D eigenvalue weighted by Gasteiger charge is -2.16. The number of benzene rings is 1. The number of unbranched alkanes of at least 4 members (excludes halogenated alkanes) is 1. The first-order chi connectivity index (χ1) is 12.6. The fourth-order valence-corrected chi connectivity index (χ4v) is 3.94. The molecule has 27 heavy (non-hydrogen) atoms. The van der Waals surface area contributed by atoms with E-state index >= 15 is 0 Å². The van der Waals surface area contributed by atoms with E-state index in [9.17, 15) is 9.59 Å². The molecule has 8 heteroatoms. The Kier molecular flexibility index (Phi) is 11.1. The number of amides is 2. The number of anilines is 1. The van der Waals surface area contributed by atoms with Crippen LogP contribution in [-0.4, -0.2) is 30.2 Å². The summed E-state index contributed by atoms with van der Waals surface area (Å²) in [6, 6.07) is 10.9. The number of carbonyl (C=O) groups is 2. The molecule has 2 amide bonds. The van der Waals surface area contributed by atoms with Crippen LogP contribution in [0, 0.1) is 0 Å². The van der Waals surface area contributed by atoms with E-state index in [0.29, 0.717) is 23.5 Å². The summed E-state index contributed by atoms with van der Waals surface area (Å²) in [5.41, 5.74) is 6.96. The zero-order valence-corrected chi connectivity index (χ0v) is 17.7. The predicted octanol–water partition coefficient (Wildman–Crippen LogP) is 4.15. The van der Waals surface area contributed by atoms with Crippen molar-refractivity contribution in [1.29, 1.82) is 0 Å². The Bertz CT molecular complexity index is 693. The maximum atomic E-state index is 12.3. The van der Waals surface area contributed by atoms with Crippen LogP contribution < -0.4 is 16.4 Å². The van der Waals surface area contributed by atoms with Crippen molar-refractivity contribution in [2.24, 2.45) is 5.73 Å². The first-order valence-electron chi connectivity index (χ1n) is 8.69. The van der Waals surface area contributed by atoms with E-state index in [1.54, 1.807) is 35.6 Å². The third-order valence-electron chi connectivity index (χ3n) is 3.80. The van der Waals surface area contributed by atoms with Gasteiger partial charge in [0, 0.05) is 23.8 Å². The lowest BCUT2D eigenvalue weighted by atomic mass is 10.1. The first-order valence-corrected chi connectivity index (χ1v) is 10.6. The standard InChI is InChI=1S/C19H25N3O2S2.ClH/c1-2-3-5-16(12-20)22-19(24)14-7-9-15(10-8-14)21-17(23)13-26-18-6-4-11-25-18;/h4,6-11,16H,2-3,5,12-13,20H2,1H3,(H,21,23)(H,22,24);1H. The van der Waals surface area contributed by atoms with E-state index in [2.05, 4.69) is 17.6 Å². The zero-order chi connectivity index (χ0) is 18.8. The second-order valence-electron chi connectivity index (χ2n) is 5.89. The van der Waals surface area contributed by atoms with Crippen LogP contribution in [0.1, 0.15) is 36.5 Å². The second-order valence-corrected chi connectivity index (χ2v) is 8.12. The maximum Gasteiger partial charge on any atom is 0.251 e. The molecule has 1 atom stereocenters. The van der Waals surface area contributed by atoms with E-state index < -0.39 is 0 Å². The van der Waals surface area contributed by atoms with Gasteiger partial charge in [0.25, 0.3) is 5.91 Å². The molecule has 2 aromatic rings. The molecular formula is C19H26ClN3O2S2. The van der Waals surface area contributed by atoms with E-state index in [1.807, 2.05) is 17.5 Å². The largest absolute Gasteiger partial charge is 0.348 e. The average Bonchev–Trinajstić information content (AvgIpc) is 3.17. The summed E-state index contributed by atoms with van der Waals surface area (Å²) < 4.78 is 1.12. The summed E-state index contributed by atoms with van der Waals surface area (Å²) in [7, 11) is 0. The van der Waals surface area contributed by atoms with Gasteiger partial charge in [-0.2, -0.15) is 0 Å². The summed E-state index contributed by atoms with van der Waals surface area (Å²) in [5.74, 6) is 0.157. The minimum atomic E-state index is -0.136. The van der Waals surface area contributed by atoms with Crippen LogP contribution in [0.5, 0.6) is 0 Å². The molecule has 1 aromatic heterocycles. The molecule has 0 aliphatic rings. The molecule has 0 saturated heterocycles. The van der Waals surface area contributed by atoms with Crippen LogP contribution in [0.15, 0.2) is 46.0 Å². The SMILES string of the molecule is CCCCC(CN)NC(=O)c1ccc(NC(=O)CSc2cccs2)cc1.Cl. The number of rotatable bonds is 10. The van der Waals surface area contributed by atoms with Crippen LogP contribution in [0.25, 0.3) is 0 Å². The molecule has 0 spiro atoms. The van der Waals surface area contributed by atoms with E-state index in [4.69, 9.17) is 5.73 Å². The summed E-state index contributed by atoms with van der Waals surface area (Å²) >= 11 is 3.13. The van der Waals surface area contributed by atoms with Gasteiger partial charge in [0.15, 0.2) is 0 Å². The molecule has 0 aliphatic heterocycles. The molecule has 0 bridgehead atoms. The first kappa shape index (κ1) is 23.5. The fraction of sp³-hybridized carbons (Fsp3) is 0.368. The highest BCUT2D eigenvalue weighted by Gasteiger charge is 2.12. The van der Waals surface area contributed by atoms with Crippen molar-refractivity contribution in [1.82, 2.24) is 5.32 Å². The minimum absolute atomic E-state index is 0. The molecule has 5 nitrogen and oxygen atoms in total. The molecule has 148 valence electrons. The zero-order valence-electron chi connectivity index (χ0n) is 15.3. The third kappa shape index (κ3) is 8.34. The molecule has 0 fully saturated rings. The Morgan fingerprint density at radius 3 is 2.56 bits per heavy atom. The van der Waals surface area contributed by atoms with Gasteiger partial charge in [0.2, 0.25) is 5.91 Å². The van der Waals surface area contributed by atoms with Crippen LogP contribution >= 0.6 is 35.5 Å². The van der Waals surface area contributed by atoms with Crippen molar-refractivity contribution < 1.29 is 9.59 Å². The van der Waals surface area contributed by atoms with E-state index in [1.165, 1.54) is 11.8 Å². The van der Waals surface area contributed by atoms with Gasteiger partial charge in [-0.15, -0.1) is 35.5 Å². The number of carbonyl (C=O) groups excluding carboxylic acids is 2. The van der Waals surface area contributed by atoms with Crippen molar-refractivity contribution in [3.8, 4) is 0 Å². The van der Waals surface area contributed by atoms with Crippen molar-refractivity contribution in [3.05, 3.63) is 47.3 Å². The number of nitrogens with one attached hydrogen (secondary N) is 2. The van der Waals surface area contributed by atoms with Gasteiger partial charge in [-0.1, -0.05) is 25.8 Å². The number of hydrogen-bond acceptors (Lipinski definition) is 5. The van der Waals surface area contributed by atoms with Crippen molar-refractivity contribution in [2.45, 2.75) is 36.4 Å². The van der Waals surface area contributed by atoms with Crippen molar-refractivity contribution in [2.75, 3.05) is 17.6 Å². The Morgan fingerprint density at radius 1 is 1.22 bits per heavy atom. The summed E-state index contributed by atoms with van der Waals surface area (Å²) in [6.07, 6.45) is 3.00. The van der Waals surface area contributed by atoms with E-state index in [0.717, 1.165) is 23.5 Å². The van der Waals surface area contributed by atoms with Gasteiger partial charge < -0.3 is 16.4 Å². The molecule has 0 aliphatic carbocycles. The van der Waals surface area contributed by atoms with Crippen molar-refractivity contribution >= 4 is 53.0 Å². The summed E-state index contributed by atoms with van der Waals surface area (Å²) in [5, 5.41) is 7.79. The van der Waals surface area contributed by atoms with Gasteiger partial charge in [-0.05, 0) is 42.1 Å².